The van der Waals surface area contributed by atoms with Gasteiger partial charge in [0.1, 0.15) is 0 Å². The van der Waals surface area contributed by atoms with Crippen LogP contribution in [0.4, 0.5) is 0 Å². The Morgan fingerprint density at radius 1 is 1.21 bits per heavy atom. The van der Waals surface area contributed by atoms with E-state index >= 15 is 0 Å². The fourth-order valence-electron chi connectivity index (χ4n) is 2.43. The van der Waals surface area contributed by atoms with Gasteiger partial charge >= 0.3 is 0 Å². The quantitative estimate of drug-likeness (QED) is 0.796. The van der Waals surface area contributed by atoms with E-state index in [0.717, 1.165) is 25.8 Å². The van der Waals surface area contributed by atoms with E-state index in [1.807, 2.05) is 23.1 Å². The number of nitrogens with two attached hydrogens (primary N) is 1. The van der Waals surface area contributed by atoms with E-state index < -0.39 is 0 Å². The lowest BCUT2D eigenvalue weighted by Crippen LogP contribution is -2.36. The summed E-state index contributed by atoms with van der Waals surface area (Å²) in [4.78, 5) is 14.5. The Balaban J connectivity index is 2.00. The van der Waals surface area contributed by atoms with Gasteiger partial charge in [-0.15, -0.1) is 0 Å². The van der Waals surface area contributed by atoms with Crippen molar-refractivity contribution in [2.24, 2.45) is 11.7 Å². The smallest absolute Gasteiger partial charge is 0.226 e. The van der Waals surface area contributed by atoms with Crippen molar-refractivity contribution >= 4 is 5.91 Å². The van der Waals surface area contributed by atoms with Crippen LogP contribution in [0.5, 0.6) is 0 Å². The zero-order valence-electron chi connectivity index (χ0n) is 11.3. The van der Waals surface area contributed by atoms with Crippen LogP contribution in [0.3, 0.4) is 0 Å². The second-order valence-electron chi connectivity index (χ2n) is 5.03. The maximum absolute atomic E-state index is 12.5. The van der Waals surface area contributed by atoms with Crippen LogP contribution in [-0.4, -0.2) is 23.9 Å². The predicted molar refractivity (Wildman–Crippen MR) is 77.4 cm³/mol. The van der Waals surface area contributed by atoms with Crippen LogP contribution >= 0.6 is 0 Å². The van der Waals surface area contributed by atoms with Crippen LogP contribution in [0.25, 0.3) is 0 Å². The van der Waals surface area contributed by atoms with E-state index in [9.17, 15) is 4.79 Å². The first kappa shape index (κ1) is 13.8. The lowest BCUT2D eigenvalue weighted by Gasteiger charge is -2.25. The van der Waals surface area contributed by atoms with Crippen LogP contribution < -0.4 is 5.73 Å². The van der Waals surface area contributed by atoms with Gasteiger partial charge in [-0.1, -0.05) is 42.5 Å². The highest BCUT2D eigenvalue weighted by molar-refractivity contribution is 5.79. The Labute approximate surface area is 115 Å². The Hall–Kier alpha value is -1.61. The molecule has 0 unspecified atom stereocenters. The molecule has 1 aliphatic rings. The molecule has 0 atom stereocenters. The molecular weight excluding hydrogens is 236 g/mol. The number of rotatable bonds is 6. The molecule has 0 saturated heterocycles. The van der Waals surface area contributed by atoms with Crippen molar-refractivity contribution in [3.8, 4) is 0 Å². The van der Waals surface area contributed by atoms with Gasteiger partial charge in [0.2, 0.25) is 5.91 Å². The summed E-state index contributed by atoms with van der Waals surface area (Å²) < 4.78 is 0. The predicted octanol–water partition coefficient (Wildman–Crippen LogP) is 2.33. The average Bonchev–Trinajstić information content (AvgIpc) is 2.98. The molecule has 0 bridgehead atoms. The van der Waals surface area contributed by atoms with Crippen molar-refractivity contribution < 1.29 is 4.79 Å². The number of amides is 1. The fourth-order valence-corrected chi connectivity index (χ4v) is 2.43. The summed E-state index contributed by atoms with van der Waals surface area (Å²) >= 11 is 0. The molecule has 102 valence electrons. The molecule has 2 N–H and O–H groups in total. The van der Waals surface area contributed by atoms with Gasteiger partial charge in [0.15, 0.2) is 0 Å². The van der Waals surface area contributed by atoms with Crippen molar-refractivity contribution in [3.63, 3.8) is 0 Å². The molecule has 0 aromatic heterocycles. The van der Waals surface area contributed by atoms with Gasteiger partial charge in [0, 0.05) is 19.0 Å². The third-order valence-corrected chi connectivity index (χ3v) is 3.52. The monoisotopic (exact) mass is 258 g/mol. The first-order valence-corrected chi connectivity index (χ1v) is 6.99. The highest BCUT2D eigenvalue weighted by atomic mass is 16.2. The molecule has 2 rings (SSSR count). The number of carbonyl (C=O) groups is 1. The van der Waals surface area contributed by atoms with Gasteiger partial charge in [0.25, 0.3) is 0 Å². The summed E-state index contributed by atoms with van der Waals surface area (Å²) in [7, 11) is 0. The van der Waals surface area contributed by atoms with E-state index in [2.05, 4.69) is 24.3 Å². The molecule has 0 radical (unpaired) electrons. The zero-order chi connectivity index (χ0) is 13.5. The first-order valence-electron chi connectivity index (χ1n) is 6.99. The van der Waals surface area contributed by atoms with E-state index in [1.165, 1.54) is 5.56 Å². The Morgan fingerprint density at radius 3 is 2.53 bits per heavy atom. The van der Waals surface area contributed by atoms with E-state index in [4.69, 9.17) is 5.73 Å². The summed E-state index contributed by atoms with van der Waals surface area (Å²) in [6.07, 6.45) is 6.83. The van der Waals surface area contributed by atoms with E-state index in [-0.39, 0.29) is 11.8 Å². The lowest BCUT2D eigenvalue weighted by molar-refractivity contribution is -0.135. The van der Waals surface area contributed by atoms with Crippen molar-refractivity contribution in [2.45, 2.75) is 25.8 Å². The van der Waals surface area contributed by atoms with Crippen molar-refractivity contribution in [1.82, 2.24) is 4.90 Å². The van der Waals surface area contributed by atoms with Crippen LogP contribution in [-0.2, 0) is 11.3 Å². The Kier molecular flexibility index (Phi) is 5.16. The van der Waals surface area contributed by atoms with Crippen molar-refractivity contribution in [1.29, 1.82) is 0 Å². The summed E-state index contributed by atoms with van der Waals surface area (Å²) in [6.45, 7) is 2.07. The minimum atomic E-state index is 0.140. The molecule has 1 aromatic carbocycles. The molecule has 0 spiro atoms. The molecule has 0 saturated carbocycles. The second kappa shape index (κ2) is 7.10. The van der Waals surface area contributed by atoms with Crippen LogP contribution in [0.15, 0.2) is 42.5 Å². The SMILES string of the molecule is NCCCN(Cc1ccccc1)C(=O)C1CC=CC1. The Bertz CT molecular complexity index is 420. The molecule has 19 heavy (non-hydrogen) atoms. The van der Waals surface area contributed by atoms with Gasteiger partial charge < -0.3 is 10.6 Å². The molecule has 1 aliphatic carbocycles. The minimum Gasteiger partial charge on any atom is -0.338 e. The van der Waals surface area contributed by atoms with Crippen LogP contribution in [0.1, 0.15) is 24.8 Å². The molecule has 3 nitrogen and oxygen atoms in total. The molecule has 0 heterocycles. The normalized spacial score (nSPS) is 14.8. The van der Waals surface area contributed by atoms with Gasteiger partial charge in [0.05, 0.1) is 0 Å². The van der Waals surface area contributed by atoms with Crippen molar-refractivity contribution in [2.75, 3.05) is 13.1 Å². The number of benzene rings is 1. The topological polar surface area (TPSA) is 46.3 Å². The third-order valence-electron chi connectivity index (χ3n) is 3.52. The van der Waals surface area contributed by atoms with Gasteiger partial charge in [-0.2, -0.15) is 0 Å². The van der Waals surface area contributed by atoms with Gasteiger partial charge in [-0.3, -0.25) is 4.79 Å². The number of carbonyl (C=O) groups excluding carboxylic acids is 1. The molecule has 1 amide bonds. The summed E-state index contributed by atoms with van der Waals surface area (Å²) in [5.41, 5.74) is 6.75. The first-order chi connectivity index (χ1) is 9.31. The van der Waals surface area contributed by atoms with Gasteiger partial charge in [-0.25, -0.2) is 0 Å². The molecular formula is C16H22N2O. The van der Waals surface area contributed by atoms with E-state index in [1.54, 1.807) is 0 Å². The molecule has 3 heteroatoms. The zero-order valence-corrected chi connectivity index (χ0v) is 11.3. The van der Waals surface area contributed by atoms with Crippen LogP contribution in [0.2, 0.25) is 0 Å². The molecule has 1 aromatic rings. The second-order valence-corrected chi connectivity index (χ2v) is 5.03. The van der Waals surface area contributed by atoms with Gasteiger partial charge in [-0.05, 0) is 31.4 Å². The van der Waals surface area contributed by atoms with Crippen LogP contribution in [0, 0.1) is 5.92 Å². The summed E-state index contributed by atoms with van der Waals surface area (Å²) in [5.74, 6) is 0.406. The molecule has 0 fully saturated rings. The maximum Gasteiger partial charge on any atom is 0.226 e. The Morgan fingerprint density at radius 2 is 1.89 bits per heavy atom. The lowest BCUT2D eigenvalue weighted by atomic mass is 10.0. The number of hydrogen-bond acceptors (Lipinski definition) is 2. The number of allylic oxidation sites excluding steroid dienone is 2. The summed E-state index contributed by atoms with van der Waals surface area (Å²) in [6, 6.07) is 10.2. The minimum absolute atomic E-state index is 0.140. The average molecular weight is 258 g/mol. The standard InChI is InChI=1S/C16H22N2O/c17-11-6-12-18(13-14-7-2-1-3-8-14)16(19)15-9-4-5-10-15/h1-5,7-8,15H,6,9-13,17H2. The van der Waals surface area contributed by atoms with E-state index in [0.29, 0.717) is 13.1 Å². The largest absolute Gasteiger partial charge is 0.338 e. The third kappa shape index (κ3) is 3.93. The highest BCUT2D eigenvalue weighted by Crippen LogP contribution is 2.21. The highest BCUT2D eigenvalue weighted by Gasteiger charge is 2.24. The number of hydrogen-bond donors (Lipinski definition) is 1. The summed E-state index contributed by atoms with van der Waals surface area (Å²) in [5, 5.41) is 0. The fraction of sp³-hybridized carbons (Fsp3) is 0.438. The maximum atomic E-state index is 12.5. The van der Waals surface area contributed by atoms with Crippen molar-refractivity contribution in [3.05, 3.63) is 48.0 Å². The molecule has 0 aliphatic heterocycles. The number of nitrogens with zero attached hydrogens (tertiary/aromatic N) is 1.